The van der Waals surface area contributed by atoms with Gasteiger partial charge in [-0.2, -0.15) is 0 Å². The van der Waals surface area contributed by atoms with Crippen LogP contribution in [-0.2, 0) is 14.3 Å². The van der Waals surface area contributed by atoms with E-state index in [2.05, 4.69) is 5.32 Å². The Morgan fingerprint density at radius 2 is 2.00 bits per heavy atom. The van der Waals surface area contributed by atoms with Crippen molar-refractivity contribution in [1.82, 2.24) is 0 Å². The highest BCUT2D eigenvalue weighted by Gasteiger charge is 2.13. The van der Waals surface area contributed by atoms with Gasteiger partial charge in [0.05, 0.1) is 6.42 Å². The molecule has 0 saturated heterocycles. The number of nitrogens with one attached hydrogen (secondary N) is 1. The van der Waals surface area contributed by atoms with Gasteiger partial charge in [-0.3, -0.25) is 10.1 Å². The lowest BCUT2D eigenvalue weighted by molar-refractivity contribution is -0.123. The van der Waals surface area contributed by atoms with Gasteiger partial charge in [0.2, 0.25) is 0 Å². The van der Waals surface area contributed by atoms with Gasteiger partial charge in [-0.1, -0.05) is 18.2 Å². The Balaban J connectivity index is 2.36. The van der Waals surface area contributed by atoms with Crippen molar-refractivity contribution in [3.05, 3.63) is 30.3 Å². The van der Waals surface area contributed by atoms with E-state index < -0.39 is 12.2 Å². The fraction of sp³-hybridized carbons (Fsp3) is 0.308. The summed E-state index contributed by atoms with van der Waals surface area (Å²) >= 11 is 0. The minimum absolute atomic E-state index is 0.0426. The first-order valence-corrected chi connectivity index (χ1v) is 5.60. The van der Waals surface area contributed by atoms with Gasteiger partial charge >= 0.3 is 6.09 Å². The number of ketones is 1. The number of para-hydroxylation sites is 1. The molecule has 0 radical (unpaired) electrons. The summed E-state index contributed by atoms with van der Waals surface area (Å²) in [6.07, 6.45) is -0.734. The Bertz CT molecular complexity index is 416. The number of ether oxygens (including phenoxy) is 1. The van der Waals surface area contributed by atoms with E-state index in [-0.39, 0.29) is 18.6 Å². The molecule has 96 valence electrons. The van der Waals surface area contributed by atoms with Gasteiger partial charge in [0.15, 0.2) is 0 Å². The van der Waals surface area contributed by atoms with Crippen molar-refractivity contribution >= 4 is 23.9 Å². The molecule has 1 aromatic carbocycles. The maximum Gasteiger partial charge on any atom is 0.411 e. The molecule has 1 amide bonds. The smallest absolute Gasteiger partial charge is 0.411 e. The van der Waals surface area contributed by atoms with Gasteiger partial charge in [-0.25, -0.2) is 4.79 Å². The zero-order valence-electron chi connectivity index (χ0n) is 10.1. The van der Waals surface area contributed by atoms with Crippen LogP contribution >= 0.6 is 0 Å². The van der Waals surface area contributed by atoms with Crippen LogP contribution in [0.4, 0.5) is 10.5 Å². The molecule has 18 heavy (non-hydrogen) atoms. The van der Waals surface area contributed by atoms with Crippen LogP contribution in [0.3, 0.4) is 0 Å². The first kappa shape index (κ1) is 13.9. The second kappa shape index (κ2) is 7.21. The molecule has 0 bridgehead atoms. The third-order valence-corrected chi connectivity index (χ3v) is 2.15. The van der Waals surface area contributed by atoms with Crippen LogP contribution in [0.2, 0.25) is 0 Å². The lowest BCUT2D eigenvalue weighted by Crippen LogP contribution is -2.22. The van der Waals surface area contributed by atoms with E-state index in [1.165, 1.54) is 0 Å². The number of amides is 1. The highest BCUT2D eigenvalue weighted by molar-refractivity contribution is 5.90. The summed E-state index contributed by atoms with van der Waals surface area (Å²) in [4.78, 5) is 32.7. The molecular weight excluding hydrogens is 234 g/mol. The Morgan fingerprint density at radius 3 is 2.61 bits per heavy atom. The molecule has 1 atom stereocenters. The van der Waals surface area contributed by atoms with Crippen molar-refractivity contribution in [1.29, 1.82) is 0 Å². The summed E-state index contributed by atoms with van der Waals surface area (Å²) in [5, 5.41) is 2.54. The van der Waals surface area contributed by atoms with Crippen LogP contribution in [0, 0.1) is 0 Å². The number of carbonyl (C=O) groups is 3. The van der Waals surface area contributed by atoms with E-state index in [1.807, 2.05) is 6.07 Å². The monoisotopic (exact) mass is 249 g/mol. The number of anilines is 1. The van der Waals surface area contributed by atoms with E-state index in [4.69, 9.17) is 4.74 Å². The van der Waals surface area contributed by atoms with Crippen LogP contribution in [0.5, 0.6) is 0 Å². The van der Waals surface area contributed by atoms with E-state index in [0.29, 0.717) is 12.0 Å². The first-order chi connectivity index (χ1) is 8.61. The molecule has 5 nitrogen and oxygen atoms in total. The van der Waals surface area contributed by atoms with Gasteiger partial charge < -0.3 is 9.53 Å². The number of hydrogen-bond donors (Lipinski definition) is 1. The van der Waals surface area contributed by atoms with E-state index in [9.17, 15) is 14.4 Å². The summed E-state index contributed by atoms with van der Waals surface area (Å²) < 4.78 is 4.98. The van der Waals surface area contributed by atoms with E-state index >= 15 is 0 Å². The summed E-state index contributed by atoms with van der Waals surface area (Å²) in [7, 11) is 0. The van der Waals surface area contributed by atoms with Crippen molar-refractivity contribution in [2.45, 2.75) is 25.9 Å². The van der Waals surface area contributed by atoms with Crippen molar-refractivity contribution in [3.63, 3.8) is 0 Å². The Morgan fingerprint density at radius 1 is 1.33 bits per heavy atom. The molecule has 5 heteroatoms. The fourth-order valence-corrected chi connectivity index (χ4v) is 1.39. The SMILES string of the molecule is CC(CC(=O)CC=O)OC(=O)Nc1ccccc1. The Labute approximate surface area is 105 Å². The topological polar surface area (TPSA) is 72.5 Å². The zero-order chi connectivity index (χ0) is 13.4. The van der Waals surface area contributed by atoms with Gasteiger partial charge in [0, 0.05) is 12.1 Å². The van der Waals surface area contributed by atoms with Crippen molar-refractivity contribution in [3.8, 4) is 0 Å². The second-order valence-electron chi connectivity index (χ2n) is 3.82. The number of carbonyl (C=O) groups excluding carboxylic acids is 3. The fourth-order valence-electron chi connectivity index (χ4n) is 1.39. The number of rotatable bonds is 6. The summed E-state index contributed by atoms with van der Waals surface area (Å²) in [5.41, 5.74) is 0.619. The maximum atomic E-state index is 11.4. The molecule has 0 aliphatic carbocycles. The normalized spacial score (nSPS) is 11.4. The van der Waals surface area contributed by atoms with Gasteiger partial charge in [0.1, 0.15) is 18.2 Å². The average molecular weight is 249 g/mol. The molecule has 1 unspecified atom stereocenters. The summed E-state index contributed by atoms with van der Waals surface area (Å²) in [6, 6.07) is 8.85. The zero-order valence-corrected chi connectivity index (χ0v) is 10.1. The molecule has 0 spiro atoms. The first-order valence-electron chi connectivity index (χ1n) is 5.60. The van der Waals surface area contributed by atoms with Crippen LogP contribution in [0.15, 0.2) is 30.3 Å². The molecule has 0 aromatic heterocycles. The van der Waals surface area contributed by atoms with Crippen LogP contribution in [0.1, 0.15) is 19.8 Å². The van der Waals surface area contributed by atoms with Crippen molar-refractivity contribution in [2.24, 2.45) is 0 Å². The third-order valence-electron chi connectivity index (χ3n) is 2.15. The van der Waals surface area contributed by atoms with Gasteiger partial charge in [0.25, 0.3) is 0 Å². The molecule has 0 aliphatic heterocycles. The van der Waals surface area contributed by atoms with Gasteiger partial charge in [-0.05, 0) is 19.1 Å². The van der Waals surface area contributed by atoms with E-state index in [0.717, 1.165) is 0 Å². The minimum atomic E-state index is -0.618. The number of hydrogen-bond acceptors (Lipinski definition) is 4. The molecule has 0 aliphatic rings. The minimum Gasteiger partial charge on any atom is -0.446 e. The van der Waals surface area contributed by atoms with E-state index in [1.54, 1.807) is 31.2 Å². The predicted octanol–water partition coefficient (Wildman–Crippen LogP) is 2.17. The van der Waals surface area contributed by atoms with Gasteiger partial charge in [-0.15, -0.1) is 0 Å². The quantitative estimate of drug-likeness (QED) is 0.619. The summed E-state index contributed by atoms with van der Waals surface area (Å²) in [5.74, 6) is -0.245. The molecule has 0 saturated carbocycles. The Hall–Kier alpha value is -2.17. The molecule has 1 aromatic rings. The van der Waals surface area contributed by atoms with Crippen LogP contribution in [0.25, 0.3) is 0 Å². The summed E-state index contributed by atoms with van der Waals surface area (Å²) in [6.45, 7) is 1.60. The average Bonchev–Trinajstić information content (AvgIpc) is 2.29. The molecule has 0 fully saturated rings. The molecule has 1 rings (SSSR count). The Kier molecular flexibility index (Phi) is 5.57. The molecular formula is C13H15NO4. The highest BCUT2D eigenvalue weighted by Crippen LogP contribution is 2.07. The number of benzene rings is 1. The standard InChI is InChI=1S/C13H15NO4/c1-10(9-12(16)7-8-15)18-13(17)14-11-5-3-2-4-6-11/h2-6,8,10H,7,9H2,1H3,(H,14,17). The second-order valence-corrected chi connectivity index (χ2v) is 3.82. The number of aldehydes is 1. The lowest BCUT2D eigenvalue weighted by atomic mass is 10.1. The van der Waals surface area contributed by atoms with Crippen molar-refractivity contribution in [2.75, 3.05) is 5.32 Å². The van der Waals surface area contributed by atoms with Crippen LogP contribution < -0.4 is 5.32 Å². The van der Waals surface area contributed by atoms with Crippen LogP contribution in [-0.4, -0.2) is 24.3 Å². The molecule has 0 heterocycles. The maximum absolute atomic E-state index is 11.4. The van der Waals surface area contributed by atoms with Crippen molar-refractivity contribution < 1.29 is 19.1 Å². The predicted molar refractivity (Wildman–Crippen MR) is 66.3 cm³/mol. The lowest BCUT2D eigenvalue weighted by Gasteiger charge is -2.12. The highest BCUT2D eigenvalue weighted by atomic mass is 16.6. The molecule has 1 N–H and O–H groups in total. The largest absolute Gasteiger partial charge is 0.446 e. The third kappa shape index (κ3) is 5.25. The number of Topliss-reactive ketones (excluding diaryl/α,β-unsaturated/α-hetero) is 1.